The number of halogens is 3. The second kappa shape index (κ2) is 6.80. The van der Waals surface area contributed by atoms with Gasteiger partial charge in [-0.05, 0) is 52.7 Å². The van der Waals surface area contributed by atoms with E-state index in [0.29, 0.717) is 10.0 Å². The highest BCUT2D eigenvalue weighted by Crippen LogP contribution is 2.30. The number of benzene rings is 1. The Morgan fingerprint density at radius 3 is 2.68 bits per heavy atom. The van der Waals surface area contributed by atoms with E-state index < -0.39 is 0 Å². The average Bonchev–Trinajstić information content (AvgIpc) is 2.81. The molecule has 0 amide bonds. The minimum Gasteiger partial charge on any atom is -0.453 e. The molecule has 1 unspecified atom stereocenters. The summed E-state index contributed by atoms with van der Waals surface area (Å²) in [6, 6.07) is 9.60. The monoisotopic (exact) mass is 361 g/mol. The quantitative estimate of drug-likeness (QED) is 0.786. The zero-order valence-electron chi connectivity index (χ0n) is 10.4. The van der Waals surface area contributed by atoms with Crippen molar-refractivity contribution in [3.8, 4) is 0 Å². The molecular weight excluding hydrogens is 349 g/mol. The molecule has 102 valence electrons. The van der Waals surface area contributed by atoms with E-state index in [9.17, 15) is 0 Å². The van der Waals surface area contributed by atoms with Crippen LogP contribution in [0.25, 0.3) is 0 Å². The van der Waals surface area contributed by atoms with Crippen LogP contribution in [0.15, 0.2) is 39.4 Å². The van der Waals surface area contributed by atoms with Crippen molar-refractivity contribution in [1.82, 2.24) is 5.32 Å². The van der Waals surface area contributed by atoms with E-state index in [-0.39, 0.29) is 6.04 Å². The number of hydrogen-bond donors (Lipinski definition) is 1. The predicted octanol–water partition coefficient (Wildman–Crippen LogP) is 5.24. The second-order valence-corrected chi connectivity index (χ2v) is 5.74. The summed E-state index contributed by atoms with van der Waals surface area (Å²) in [7, 11) is 0. The van der Waals surface area contributed by atoms with Gasteiger partial charge in [0.1, 0.15) is 5.76 Å². The Labute approximate surface area is 131 Å². The van der Waals surface area contributed by atoms with Gasteiger partial charge in [0, 0.05) is 0 Å². The van der Waals surface area contributed by atoms with E-state index in [2.05, 4.69) is 28.2 Å². The molecule has 2 aromatic rings. The van der Waals surface area contributed by atoms with Gasteiger partial charge in [-0.15, -0.1) is 0 Å². The van der Waals surface area contributed by atoms with E-state index in [1.807, 2.05) is 24.3 Å². The van der Waals surface area contributed by atoms with Gasteiger partial charge in [0.05, 0.1) is 16.1 Å². The van der Waals surface area contributed by atoms with Crippen LogP contribution in [0.4, 0.5) is 0 Å². The standard InChI is InChI=1S/C14H14BrCl2NO/c1-2-18-11(12-6-7-13(15)19-12)8-9-4-3-5-10(16)14(9)17/h3-7,11,18H,2,8H2,1H3. The number of hydrogen-bond acceptors (Lipinski definition) is 2. The zero-order chi connectivity index (χ0) is 13.8. The Morgan fingerprint density at radius 1 is 1.26 bits per heavy atom. The smallest absolute Gasteiger partial charge is 0.169 e. The predicted molar refractivity (Wildman–Crippen MR) is 83.0 cm³/mol. The Balaban J connectivity index is 2.23. The first kappa shape index (κ1) is 14.9. The Kier molecular flexibility index (Phi) is 5.34. The SMILES string of the molecule is CCNC(Cc1cccc(Cl)c1Cl)c1ccc(Br)o1. The molecule has 1 aromatic carbocycles. The van der Waals surface area contributed by atoms with Crippen LogP contribution < -0.4 is 5.32 Å². The lowest BCUT2D eigenvalue weighted by Gasteiger charge is -2.16. The normalized spacial score (nSPS) is 12.6. The Bertz CT molecular complexity index is 556. The summed E-state index contributed by atoms with van der Waals surface area (Å²) < 4.78 is 6.34. The molecule has 0 radical (unpaired) electrons. The lowest BCUT2D eigenvalue weighted by atomic mass is 10.0. The first-order chi connectivity index (χ1) is 9.11. The number of nitrogens with one attached hydrogen (secondary N) is 1. The number of rotatable bonds is 5. The van der Waals surface area contributed by atoms with Gasteiger partial charge in [-0.3, -0.25) is 0 Å². The minimum absolute atomic E-state index is 0.0762. The Hall–Kier alpha value is -0.480. The van der Waals surface area contributed by atoms with Gasteiger partial charge < -0.3 is 9.73 Å². The highest BCUT2D eigenvalue weighted by Gasteiger charge is 2.17. The van der Waals surface area contributed by atoms with Gasteiger partial charge in [0.25, 0.3) is 0 Å². The molecule has 0 aliphatic rings. The van der Waals surface area contributed by atoms with Crippen LogP contribution in [-0.4, -0.2) is 6.54 Å². The summed E-state index contributed by atoms with van der Waals surface area (Å²) in [5.41, 5.74) is 1.01. The molecule has 0 saturated carbocycles. The van der Waals surface area contributed by atoms with Crippen molar-refractivity contribution < 1.29 is 4.42 Å². The summed E-state index contributed by atoms with van der Waals surface area (Å²) in [5.74, 6) is 0.879. The second-order valence-electron chi connectivity index (χ2n) is 4.17. The van der Waals surface area contributed by atoms with Gasteiger partial charge >= 0.3 is 0 Å². The first-order valence-corrected chi connectivity index (χ1v) is 7.58. The fraction of sp³-hybridized carbons (Fsp3) is 0.286. The number of furan rings is 1. The molecule has 1 N–H and O–H groups in total. The van der Waals surface area contributed by atoms with Crippen LogP contribution in [-0.2, 0) is 6.42 Å². The molecular formula is C14H14BrCl2NO. The largest absolute Gasteiger partial charge is 0.453 e. The molecule has 0 saturated heterocycles. The molecule has 19 heavy (non-hydrogen) atoms. The molecule has 2 rings (SSSR count). The summed E-state index contributed by atoms with van der Waals surface area (Å²) in [4.78, 5) is 0. The van der Waals surface area contributed by atoms with Crippen LogP contribution in [0.3, 0.4) is 0 Å². The maximum Gasteiger partial charge on any atom is 0.169 e. The molecule has 0 fully saturated rings. The fourth-order valence-electron chi connectivity index (χ4n) is 1.96. The van der Waals surface area contributed by atoms with E-state index >= 15 is 0 Å². The van der Waals surface area contributed by atoms with E-state index in [1.54, 1.807) is 6.07 Å². The molecule has 2 nitrogen and oxygen atoms in total. The lowest BCUT2D eigenvalue weighted by Crippen LogP contribution is -2.22. The lowest BCUT2D eigenvalue weighted by molar-refractivity contribution is 0.405. The van der Waals surface area contributed by atoms with Crippen molar-refractivity contribution >= 4 is 39.1 Å². The minimum atomic E-state index is 0.0762. The van der Waals surface area contributed by atoms with Gasteiger partial charge in [-0.25, -0.2) is 0 Å². The number of likely N-dealkylation sites (N-methyl/N-ethyl adjacent to an activating group) is 1. The molecule has 1 aromatic heterocycles. The van der Waals surface area contributed by atoms with Gasteiger partial charge in [0.2, 0.25) is 0 Å². The van der Waals surface area contributed by atoms with Gasteiger partial charge in [-0.1, -0.05) is 42.3 Å². The molecule has 0 aliphatic heterocycles. The molecule has 0 bridgehead atoms. The fourth-order valence-corrected chi connectivity index (χ4v) is 2.68. The molecule has 1 atom stereocenters. The van der Waals surface area contributed by atoms with Gasteiger partial charge in [0.15, 0.2) is 4.67 Å². The van der Waals surface area contributed by atoms with E-state index in [0.717, 1.165) is 29.0 Å². The third kappa shape index (κ3) is 3.76. The summed E-state index contributed by atoms with van der Waals surface area (Å²) >= 11 is 15.6. The van der Waals surface area contributed by atoms with Crippen molar-refractivity contribution in [2.75, 3.05) is 6.54 Å². The molecule has 0 spiro atoms. The zero-order valence-corrected chi connectivity index (χ0v) is 13.5. The summed E-state index contributed by atoms with van der Waals surface area (Å²) in [6.45, 7) is 2.91. The summed E-state index contributed by atoms with van der Waals surface area (Å²) in [5, 5.41) is 4.58. The van der Waals surface area contributed by atoms with Crippen LogP contribution in [0.5, 0.6) is 0 Å². The summed E-state index contributed by atoms with van der Waals surface area (Å²) in [6.07, 6.45) is 0.729. The van der Waals surface area contributed by atoms with E-state index in [1.165, 1.54) is 0 Å². The first-order valence-electron chi connectivity index (χ1n) is 6.03. The Morgan fingerprint density at radius 2 is 2.05 bits per heavy atom. The topological polar surface area (TPSA) is 25.2 Å². The van der Waals surface area contributed by atoms with Crippen molar-refractivity contribution in [3.63, 3.8) is 0 Å². The van der Waals surface area contributed by atoms with Crippen LogP contribution in [0.1, 0.15) is 24.3 Å². The van der Waals surface area contributed by atoms with E-state index in [4.69, 9.17) is 27.6 Å². The third-order valence-corrected chi connectivity index (χ3v) is 4.13. The maximum absolute atomic E-state index is 6.23. The maximum atomic E-state index is 6.23. The van der Waals surface area contributed by atoms with Crippen molar-refractivity contribution in [3.05, 3.63) is 56.4 Å². The molecule has 5 heteroatoms. The molecule has 1 heterocycles. The average molecular weight is 363 g/mol. The van der Waals surface area contributed by atoms with Crippen LogP contribution >= 0.6 is 39.1 Å². The molecule has 0 aliphatic carbocycles. The van der Waals surface area contributed by atoms with Crippen molar-refractivity contribution in [1.29, 1.82) is 0 Å². The third-order valence-electron chi connectivity index (χ3n) is 2.84. The van der Waals surface area contributed by atoms with Crippen molar-refractivity contribution in [2.45, 2.75) is 19.4 Å². The van der Waals surface area contributed by atoms with Crippen molar-refractivity contribution in [2.24, 2.45) is 0 Å². The van der Waals surface area contributed by atoms with Gasteiger partial charge in [-0.2, -0.15) is 0 Å². The van der Waals surface area contributed by atoms with Crippen LogP contribution in [0, 0.1) is 0 Å². The van der Waals surface area contributed by atoms with Crippen LogP contribution in [0.2, 0.25) is 10.0 Å². The highest BCUT2D eigenvalue weighted by atomic mass is 79.9. The highest BCUT2D eigenvalue weighted by molar-refractivity contribution is 9.10.